The summed E-state index contributed by atoms with van der Waals surface area (Å²) in [5.74, 6) is 0.272. The smallest absolute Gasteiger partial charge is 0.317 e. The molecule has 0 saturated heterocycles. The number of hydrogen-bond acceptors (Lipinski definition) is 3. The van der Waals surface area contributed by atoms with Gasteiger partial charge in [0.2, 0.25) is 0 Å². The molecule has 0 heterocycles. The van der Waals surface area contributed by atoms with Crippen molar-refractivity contribution >= 4 is 23.8 Å². The Kier molecular flexibility index (Phi) is 9.71. The third-order valence-corrected chi connectivity index (χ3v) is 3.01. The molecule has 2 amide bonds. The number of nitrogens with zero attached hydrogens (tertiary/aromatic N) is 1. The van der Waals surface area contributed by atoms with Crippen LogP contribution in [-0.2, 0) is 4.79 Å². The fourth-order valence-electron chi connectivity index (χ4n) is 1.24. The second kappa shape index (κ2) is 10.3. The predicted octanol–water partition coefficient (Wildman–Crippen LogP) is 1.64. The molecule has 100 valence electrons. The zero-order chi connectivity index (χ0) is 13.1. The number of amides is 2. The highest BCUT2D eigenvalue weighted by Crippen LogP contribution is 2.01. The summed E-state index contributed by atoms with van der Waals surface area (Å²) in [7, 11) is 1.60. The van der Waals surface area contributed by atoms with Crippen LogP contribution in [0.3, 0.4) is 0 Å². The molecule has 6 heteroatoms. The summed E-state index contributed by atoms with van der Waals surface area (Å²) < 4.78 is 0. The zero-order valence-corrected chi connectivity index (χ0v) is 11.4. The molecule has 0 radical (unpaired) electrons. The molecule has 0 aliphatic heterocycles. The number of carbonyl (C=O) groups excluding carboxylic acids is 1. The van der Waals surface area contributed by atoms with Gasteiger partial charge in [0.15, 0.2) is 0 Å². The molecule has 0 saturated carbocycles. The third-order valence-electron chi connectivity index (χ3n) is 2.31. The Balaban J connectivity index is 3.47. The molecule has 2 N–H and O–H groups in total. The van der Waals surface area contributed by atoms with Crippen LogP contribution >= 0.6 is 11.8 Å². The van der Waals surface area contributed by atoms with Gasteiger partial charge in [-0.25, -0.2) is 4.79 Å². The minimum Gasteiger partial charge on any atom is -0.481 e. The highest BCUT2D eigenvalue weighted by molar-refractivity contribution is 7.98. The number of carboxylic acids is 1. The number of rotatable bonds is 9. The van der Waals surface area contributed by atoms with Crippen LogP contribution < -0.4 is 5.32 Å². The second-order valence-corrected chi connectivity index (χ2v) is 4.84. The van der Waals surface area contributed by atoms with Crippen molar-refractivity contribution in [2.24, 2.45) is 0 Å². The van der Waals surface area contributed by atoms with Crippen molar-refractivity contribution in [2.75, 3.05) is 32.1 Å². The molecule has 0 atom stereocenters. The third kappa shape index (κ3) is 9.99. The van der Waals surface area contributed by atoms with Gasteiger partial charge < -0.3 is 15.3 Å². The van der Waals surface area contributed by atoms with Crippen molar-refractivity contribution in [1.82, 2.24) is 10.2 Å². The van der Waals surface area contributed by atoms with Gasteiger partial charge in [0.25, 0.3) is 0 Å². The Morgan fingerprint density at radius 3 is 2.59 bits per heavy atom. The quantitative estimate of drug-likeness (QED) is 0.620. The Labute approximate surface area is 107 Å². The van der Waals surface area contributed by atoms with Crippen molar-refractivity contribution in [1.29, 1.82) is 0 Å². The van der Waals surface area contributed by atoms with Crippen LogP contribution in [0.25, 0.3) is 0 Å². The normalized spacial score (nSPS) is 10.0. The van der Waals surface area contributed by atoms with Gasteiger partial charge in [-0.3, -0.25) is 4.79 Å². The van der Waals surface area contributed by atoms with E-state index in [2.05, 4.69) is 11.6 Å². The zero-order valence-electron chi connectivity index (χ0n) is 10.6. The Morgan fingerprint density at radius 2 is 2.00 bits per heavy atom. The lowest BCUT2D eigenvalue weighted by Crippen LogP contribution is -2.38. The van der Waals surface area contributed by atoms with E-state index in [9.17, 15) is 9.59 Å². The van der Waals surface area contributed by atoms with Crippen molar-refractivity contribution < 1.29 is 14.7 Å². The predicted molar refractivity (Wildman–Crippen MR) is 70.5 cm³/mol. The molecule has 0 spiro atoms. The minimum absolute atomic E-state index is 0.0162. The summed E-state index contributed by atoms with van der Waals surface area (Å²) in [6.07, 6.45) is 5.32. The van der Waals surface area contributed by atoms with E-state index in [0.717, 1.165) is 18.6 Å². The fraction of sp³-hybridized carbons (Fsp3) is 0.818. The molecular weight excluding hydrogens is 240 g/mol. The lowest BCUT2D eigenvalue weighted by atomic mass is 10.2. The molecular formula is C11H22N2O3S. The Morgan fingerprint density at radius 1 is 1.29 bits per heavy atom. The van der Waals surface area contributed by atoms with Crippen molar-refractivity contribution in [2.45, 2.75) is 25.7 Å². The number of unbranched alkanes of at least 4 members (excludes halogenated alkanes) is 2. The van der Waals surface area contributed by atoms with Crippen LogP contribution in [0, 0.1) is 0 Å². The summed E-state index contributed by atoms with van der Waals surface area (Å²) in [6, 6.07) is -0.198. The van der Waals surface area contributed by atoms with E-state index in [1.54, 1.807) is 7.05 Å². The first-order valence-corrected chi connectivity index (χ1v) is 7.17. The monoisotopic (exact) mass is 262 g/mol. The molecule has 0 fully saturated rings. The summed E-state index contributed by atoms with van der Waals surface area (Å²) in [5, 5.41) is 11.3. The average Bonchev–Trinajstić information content (AvgIpc) is 2.30. The van der Waals surface area contributed by atoms with Crippen LogP contribution in [0.5, 0.6) is 0 Å². The lowest BCUT2D eigenvalue weighted by molar-refractivity contribution is -0.137. The van der Waals surface area contributed by atoms with Gasteiger partial charge in [0.1, 0.15) is 0 Å². The highest BCUT2D eigenvalue weighted by Gasteiger charge is 2.08. The molecule has 0 aromatic heterocycles. The average molecular weight is 262 g/mol. The number of carbonyl (C=O) groups is 2. The van der Waals surface area contributed by atoms with Crippen molar-refractivity contribution in [3.05, 3.63) is 0 Å². The number of hydrogen-bond donors (Lipinski definition) is 2. The van der Waals surface area contributed by atoms with E-state index in [1.165, 1.54) is 11.3 Å². The van der Waals surface area contributed by atoms with Crippen LogP contribution in [0.15, 0.2) is 0 Å². The van der Waals surface area contributed by atoms with Gasteiger partial charge >= 0.3 is 12.0 Å². The van der Waals surface area contributed by atoms with Gasteiger partial charge in [-0.05, 0) is 24.9 Å². The van der Waals surface area contributed by atoms with Gasteiger partial charge in [0.05, 0.1) is 6.42 Å². The van der Waals surface area contributed by atoms with Gasteiger partial charge in [-0.15, -0.1) is 0 Å². The van der Waals surface area contributed by atoms with E-state index in [1.807, 2.05) is 11.8 Å². The lowest BCUT2D eigenvalue weighted by Gasteiger charge is -2.16. The molecule has 0 unspecified atom stereocenters. The standard InChI is InChI=1S/C11H22N2O3S/c1-13(8-6-10(14)15)11(16)12-7-4-3-5-9-17-2/h3-9H2,1-2H3,(H,12,16)(H,14,15). The van der Waals surface area contributed by atoms with E-state index in [0.29, 0.717) is 6.54 Å². The fourth-order valence-corrected chi connectivity index (χ4v) is 1.74. The van der Waals surface area contributed by atoms with E-state index < -0.39 is 5.97 Å². The van der Waals surface area contributed by atoms with E-state index in [-0.39, 0.29) is 19.0 Å². The number of nitrogens with one attached hydrogen (secondary N) is 1. The Hall–Kier alpha value is -0.910. The summed E-state index contributed by atoms with van der Waals surface area (Å²) in [4.78, 5) is 23.2. The highest BCUT2D eigenvalue weighted by atomic mass is 32.2. The van der Waals surface area contributed by atoms with Crippen molar-refractivity contribution in [3.8, 4) is 0 Å². The largest absolute Gasteiger partial charge is 0.481 e. The molecule has 0 aromatic carbocycles. The molecule has 17 heavy (non-hydrogen) atoms. The van der Waals surface area contributed by atoms with Crippen LogP contribution in [-0.4, -0.2) is 54.2 Å². The van der Waals surface area contributed by atoms with Crippen LogP contribution in [0.2, 0.25) is 0 Å². The molecule has 0 rings (SSSR count). The first-order chi connectivity index (χ1) is 8.07. The maximum Gasteiger partial charge on any atom is 0.317 e. The SMILES string of the molecule is CSCCCCCNC(=O)N(C)CCC(=O)O. The number of thioether (sulfide) groups is 1. The molecule has 0 aromatic rings. The van der Waals surface area contributed by atoms with Gasteiger partial charge in [-0.2, -0.15) is 11.8 Å². The second-order valence-electron chi connectivity index (χ2n) is 3.85. The summed E-state index contributed by atoms with van der Waals surface area (Å²) in [6.45, 7) is 0.901. The summed E-state index contributed by atoms with van der Waals surface area (Å²) in [5.41, 5.74) is 0. The molecule has 0 aliphatic carbocycles. The maximum absolute atomic E-state index is 11.5. The first-order valence-electron chi connectivity index (χ1n) is 5.77. The van der Waals surface area contributed by atoms with Crippen molar-refractivity contribution in [3.63, 3.8) is 0 Å². The van der Waals surface area contributed by atoms with Crippen LogP contribution in [0.1, 0.15) is 25.7 Å². The van der Waals surface area contributed by atoms with Crippen LogP contribution in [0.4, 0.5) is 4.79 Å². The molecule has 5 nitrogen and oxygen atoms in total. The van der Waals surface area contributed by atoms with E-state index in [4.69, 9.17) is 5.11 Å². The summed E-state index contributed by atoms with van der Waals surface area (Å²) >= 11 is 1.83. The number of carboxylic acid groups (broad SMARTS) is 1. The Bertz CT molecular complexity index is 237. The van der Waals surface area contributed by atoms with Gasteiger partial charge in [-0.1, -0.05) is 6.42 Å². The number of aliphatic carboxylic acids is 1. The number of urea groups is 1. The molecule has 0 bridgehead atoms. The van der Waals surface area contributed by atoms with E-state index >= 15 is 0 Å². The van der Waals surface area contributed by atoms with Gasteiger partial charge in [0, 0.05) is 20.1 Å². The topological polar surface area (TPSA) is 69.6 Å². The maximum atomic E-state index is 11.5. The molecule has 0 aliphatic rings. The first kappa shape index (κ1) is 16.1. The minimum atomic E-state index is -0.887.